The van der Waals surface area contributed by atoms with E-state index in [9.17, 15) is 19.7 Å². The Morgan fingerprint density at radius 2 is 1.79 bits per heavy atom. The first kappa shape index (κ1) is 26.6. The number of Topliss-reactive ketones (excluding diaryl/α,β-unsaturated/α-hetero) is 1. The minimum atomic E-state index is -0.624. The van der Waals surface area contributed by atoms with Crippen molar-refractivity contribution in [2.24, 2.45) is 0 Å². The summed E-state index contributed by atoms with van der Waals surface area (Å²) in [7, 11) is 0. The van der Waals surface area contributed by atoms with Gasteiger partial charge >= 0.3 is 0 Å². The molecule has 1 N–H and O–H groups in total. The number of nitrogens with zero attached hydrogens (tertiary/aromatic N) is 2. The molecule has 0 aromatic heterocycles. The number of amides is 1. The largest absolute Gasteiger partial charge is 0.357 e. The molecule has 39 heavy (non-hydrogen) atoms. The highest BCUT2D eigenvalue weighted by Gasteiger charge is 2.41. The van der Waals surface area contributed by atoms with Gasteiger partial charge in [0.1, 0.15) is 0 Å². The number of rotatable bonds is 7. The molecule has 7 nitrogen and oxygen atoms in total. The molecule has 1 aliphatic heterocycles. The Hall–Kier alpha value is -3.97. The molecule has 0 unspecified atom stereocenters. The second kappa shape index (κ2) is 11.4. The number of benzene rings is 3. The number of ketones is 1. The summed E-state index contributed by atoms with van der Waals surface area (Å²) in [5, 5.41) is 15.5. The van der Waals surface area contributed by atoms with Gasteiger partial charge in [0, 0.05) is 41.3 Å². The van der Waals surface area contributed by atoms with E-state index in [2.05, 4.69) is 12.2 Å². The molecular formula is C31H30ClN3O4. The zero-order valence-corrected chi connectivity index (χ0v) is 22.5. The summed E-state index contributed by atoms with van der Waals surface area (Å²) in [5.41, 5.74) is 4.31. The second-order valence-electron chi connectivity index (χ2n) is 10.1. The van der Waals surface area contributed by atoms with Crippen LogP contribution in [0.1, 0.15) is 68.5 Å². The lowest BCUT2D eigenvalue weighted by Gasteiger charge is -2.35. The number of halogens is 1. The van der Waals surface area contributed by atoms with Crippen LogP contribution < -0.4 is 10.2 Å². The summed E-state index contributed by atoms with van der Waals surface area (Å²) in [6.07, 6.45) is 3.77. The zero-order valence-electron chi connectivity index (χ0n) is 21.7. The number of allylic oxidation sites excluding steroid dienone is 1. The first-order valence-corrected chi connectivity index (χ1v) is 13.7. The molecule has 3 aromatic carbocycles. The van der Waals surface area contributed by atoms with Gasteiger partial charge in [-0.25, -0.2) is 0 Å². The summed E-state index contributed by atoms with van der Waals surface area (Å²) in [6, 6.07) is 20.8. The van der Waals surface area contributed by atoms with Crippen molar-refractivity contribution in [2.45, 2.75) is 57.4 Å². The minimum Gasteiger partial charge on any atom is -0.357 e. The summed E-state index contributed by atoms with van der Waals surface area (Å²) in [6.45, 7) is 2.10. The highest BCUT2D eigenvalue weighted by Crippen LogP contribution is 2.48. The molecule has 0 radical (unpaired) electrons. The molecule has 0 bridgehead atoms. The van der Waals surface area contributed by atoms with E-state index in [1.807, 2.05) is 42.5 Å². The van der Waals surface area contributed by atoms with E-state index in [1.165, 1.54) is 6.07 Å². The van der Waals surface area contributed by atoms with Crippen LogP contribution >= 0.6 is 11.6 Å². The fourth-order valence-corrected chi connectivity index (χ4v) is 5.73. The van der Waals surface area contributed by atoms with Gasteiger partial charge in [0.05, 0.1) is 22.3 Å². The quantitative estimate of drug-likeness (QED) is 0.187. The number of hydrogen-bond donors (Lipinski definition) is 1. The average molecular weight is 544 g/mol. The predicted molar refractivity (Wildman–Crippen MR) is 153 cm³/mol. The number of unbranched alkanes of at least 4 members (excludes halogenated alkanes) is 2. The lowest BCUT2D eigenvalue weighted by atomic mass is 9.78. The first-order chi connectivity index (χ1) is 18.9. The number of nitro benzene ring substituents is 1. The Kier molecular flexibility index (Phi) is 7.79. The van der Waals surface area contributed by atoms with E-state index < -0.39 is 11.0 Å². The van der Waals surface area contributed by atoms with Gasteiger partial charge in [-0.3, -0.25) is 24.6 Å². The SMILES string of the molecule is CCCCCC(=O)N1c2ccccc2NC2=C(C(=O)C[C@@H](c3cccc([N+](=O)[O-])c3)C2)[C@H]1c1ccc(Cl)cc1. The van der Waals surface area contributed by atoms with Gasteiger partial charge in [-0.2, -0.15) is 0 Å². The highest BCUT2D eigenvalue weighted by atomic mass is 35.5. The van der Waals surface area contributed by atoms with Crippen molar-refractivity contribution in [3.8, 4) is 0 Å². The number of hydrogen-bond acceptors (Lipinski definition) is 5. The number of carbonyl (C=O) groups excluding carboxylic acids is 2. The topological polar surface area (TPSA) is 92.6 Å². The fourth-order valence-electron chi connectivity index (χ4n) is 5.60. The third-order valence-electron chi connectivity index (χ3n) is 7.49. The number of fused-ring (bicyclic) bond motifs is 1. The smallest absolute Gasteiger partial charge is 0.269 e. The Morgan fingerprint density at radius 1 is 1.03 bits per heavy atom. The van der Waals surface area contributed by atoms with E-state index in [0.29, 0.717) is 29.1 Å². The third kappa shape index (κ3) is 5.45. The van der Waals surface area contributed by atoms with E-state index in [1.54, 1.807) is 29.2 Å². The average Bonchev–Trinajstić information content (AvgIpc) is 3.08. The molecule has 2 atom stereocenters. The van der Waals surface area contributed by atoms with Crippen LogP contribution in [0.5, 0.6) is 0 Å². The highest BCUT2D eigenvalue weighted by molar-refractivity contribution is 6.30. The molecule has 0 fully saturated rings. The Bertz CT molecular complexity index is 1450. The lowest BCUT2D eigenvalue weighted by molar-refractivity contribution is -0.384. The van der Waals surface area contributed by atoms with Crippen molar-refractivity contribution in [2.75, 3.05) is 10.2 Å². The van der Waals surface area contributed by atoms with E-state index in [4.69, 9.17) is 11.6 Å². The van der Waals surface area contributed by atoms with Gasteiger partial charge in [0.15, 0.2) is 5.78 Å². The Labute approximate surface area is 232 Å². The number of nitrogens with one attached hydrogen (secondary N) is 1. The van der Waals surface area contributed by atoms with E-state index in [-0.39, 0.29) is 29.7 Å². The van der Waals surface area contributed by atoms with Gasteiger partial charge < -0.3 is 5.32 Å². The molecule has 2 aliphatic rings. The monoisotopic (exact) mass is 543 g/mol. The molecule has 0 saturated heterocycles. The normalized spacial score (nSPS) is 18.6. The predicted octanol–water partition coefficient (Wildman–Crippen LogP) is 7.73. The molecule has 1 aliphatic carbocycles. The van der Waals surface area contributed by atoms with Crippen LogP contribution in [0.4, 0.5) is 17.1 Å². The van der Waals surface area contributed by atoms with E-state index in [0.717, 1.165) is 41.8 Å². The van der Waals surface area contributed by atoms with Crippen molar-refractivity contribution in [3.05, 3.63) is 110 Å². The van der Waals surface area contributed by atoms with E-state index >= 15 is 0 Å². The lowest BCUT2D eigenvalue weighted by Crippen LogP contribution is -2.38. The number of non-ortho nitro benzene ring substituents is 1. The molecule has 1 heterocycles. The minimum absolute atomic E-state index is 0.00166. The van der Waals surface area contributed by atoms with Gasteiger partial charge in [0.2, 0.25) is 5.91 Å². The van der Waals surface area contributed by atoms with Crippen molar-refractivity contribution in [1.29, 1.82) is 0 Å². The molecule has 1 amide bonds. The van der Waals surface area contributed by atoms with Crippen LogP contribution in [0, 0.1) is 10.1 Å². The molecule has 200 valence electrons. The maximum Gasteiger partial charge on any atom is 0.269 e. The summed E-state index contributed by atoms with van der Waals surface area (Å²) < 4.78 is 0. The summed E-state index contributed by atoms with van der Waals surface area (Å²) in [4.78, 5) is 40.7. The molecule has 0 saturated carbocycles. The maximum atomic E-state index is 14.0. The number of carbonyl (C=O) groups is 2. The van der Waals surface area contributed by atoms with Gasteiger partial charge in [-0.05, 0) is 54.2 Å². The van der Waals surface area contributed by atoms with Crippen molar-refractivity contribution in [1.82, 2.24) is 0 Å². The van der Waals surface area contributed by atoms with Crippen molar-refractivity contribution >= 4 is 40.4 Å². The number of anilines is 2. The fraction of sp³-hybridized carbons (Fsp3) is 0.290. The molecular weight excluding hydrogens is 514 g/mol. The maximum absolute atomic E-state index is 14.0. The second-order valence-corrected chi connectivity index (χ2v) is 10.5. The summed E-state index contributed by atoms with van der Waals surface area (Å²) in [5.74, 6) is -0.354. The number of para-hydroxylation sites is 2. The summed E-state index contributed by atoms with van der Waals surface area (Å²) >= 11 is 6.22. The molecule has 8 heteroatoms. The first-order valence-electron chi connectivity index (χ1n) is 13.3. The van der Waals surface area contributed by atoms with Crippen LogP contribution in [-0.4, -0.2) is 16.6 Å². The molecule has 5 rings (SSSR count). The van der Waals surface area contributed by atoms with Crippen LogP contribution in [0.2, 0.25) is 5.02 Å². The van der Waals surface area contributed by atoms with Gasteiger partial charge in [-0.15, -0.1) is 0 Å². The Balaban J connectivity index is 1.65. The Morgan fingerprint density at radius 3 is 2.54 bits per heavy atom. The molecule has 0 spiro atoms. The third-order valence-corrected chi connectivity index (χ3v) is 7.74. The zero-order chi connectivity index (χ0) is 27.5. The molecule has 3 aromatic rings. The van der Waals surface area contributed by atoms with Crippen LogP contribution in [0.25, 0.3) is 0 Å². The van der Waals surface area contributed by atoms with Gasteiger partial charge in [-0.1, -0.05) is 67.8 Å². The van der Waals surface area contributed by atoms with Crippen molar-refractivity contribution < 1.29 is 14.5 Å². The standard InChI is InChI=1S/C31H30ClN3O4/c1-2-3-4-12-29(37)34-27-11-6-5-10-25(27)33-26-18-22(21-8-7-9-24(17-21)35(38)39)19-28(36)30(26)31(34)20-13-15-23(32)16-14-20/h5-11,13-17,22,31,33H,2-4,12,18-19H2,1H3/t22-,31+/m0/s1. The van der Waals surface area contributed by atoms with Gasteiger partial charge in [0.25, 0.3) is 5.69 Å². The van der Waals surface area contributed by atoms with Crippen LogP contribution in [-0.2, 0) is 9.59 Å². The number of nitro groups is 1. The van der Waals surface area contributed by atoms with Crippen molar-refractivity contribution in [3.63, 3.8) is 0 Å². The van der Waals surface area contributed by atoms with Crippen LogP contribution in [0.15, 0.2) is 84.1 Å². The van der Waals surface area contributed by atoms with Crippen LogP contribution in [0.3, 0.4) is 0 Å².